The van der Waals surface area contributed by atoms with Crippen LogP contribution in [-0.4, -0.2) is 19.6 Å². The third-order valence-electron chi connectivity index (χ3n) is 4.65. The van der Waals surface area contributed by atoms with E-state index in [4.69, 9.17) is 4.74 Å². The molecule has 1 heterocycles. The molecule has 4 nitrogen and oxygen atoms in total. The fourth-order valence-corrected chi connectivity index (χ4v) is 3.28. The number of anilines is 2. The minimum Gasteiger partial charge on any atom is -0.497 e. The van der Waals surface area contributed by atoms with Gasteiger partial charge in [0.2, 0.25) is 0 Å². The molecule has 0 bridgehead atoms. The van der Waals surface area contributed by atoms with Gasteiger partial charge in [-0.3, -0.25) is 4.79 Å². The molecule has 0 radical (unpaired) electrons. The van der Waals surface area contributed by atoms with Crippen molar-refractivity contribution in [2.24, 2.45) is 0 Å². The smallest absolute Gasteiger partial charge is 0.256 e. The Labute approximate surface area is 152 Å². The van der Waals surface area contributed by atoms with Crippen molar-refractivity contribution in [2.45, 2.75) is 6.42 Å². The SMILES string of the molecule is COc1ccc(-c2ccccc2C(=O)Nc2ccc3c(c2)CCN3)cc1. The molecular formula is C22H20N2O2. The second-order valence-electron chi connectivity index (χ2n) is 6.28. The monoisotopic (exact) mass is 344 g/mol. The van der Waals surface area contributed by atoms with Crippen molar-refractivity contribution in [1.82, 2.24) is 0 Å². The van der Waals surface area contributed by atoms with Crippen molar-refractivity contribution >= 4 is 17.3 Å². The maximum atomic E-state index is 12.9. The lowest BCUT2D eigenvalue weighted by molar-refractivity contribution is 0.102. The molecule has 26 heavy (non-hydrogen) atoms. The number of methoxy groups -OCH3 is 1. The highest BCUT2D eigenvalue weighted by Crippen LogP contribution is 2.28. The highest BCUT2D eigenvalue weighted by Gasteiger charge is 2.15. The van der Waals surface area contributed by atoms with Crippen LogP contribution in [0.3, 0.4) is 0 Å². The van der Waals surface area contributed by atoms with Gasteiger partial charge in [-0.25, -0.2) is 0 Å². The molecule has 0 fully saturated rings. The normalized spacial score (nSPS) is 12.2. The van der Waals surface area contributed by atoms with E-state index in [0.717, 1.165) is 41.2 Å². The minimum absolute atomic E-state index is 0.109. The van der Waals surface area contributed by atoms with E-state index in [2.05, 4.69) is 10.6 Å². The van der Waals surface area contributed by atoms with Gasteiger partial charge in [-0.1, -0.05) is 30.3 Å². The van der Waals surface area contributed by atoms with E-state index < -0.39 is 0 Å². The first-order valence-corrected chi connectivity index (χ1v) is 8.66. The van der Waals surface area contributed by atoms with Crippen LogP contribution in [0.5, 0.6) is 5.75 Å². The van der Waals surface area contributed by atoms with Gasteiger partial charge in [0.05, 0.1) is 7.11 Å². The Bertz CT molecular complexity index is 949. The highest BCUT2D eigenvalue weighted by molar-refractivity contribution is 6.08. The summed E-state index contributed by atoms with van der Waals surface area (Å²) in [7, 11) is 1.64. The summed E-state index contributed by atoms with van der Waals surface area (Å²) in [5.41, 5.74) is 5.75. The molecule has 130 valence electrons. The number of fused-ring (bicyclic) bond motifs is 1. The summed E-state index contributed by atoms with van der Waals surface area (Å²) >= 11 is 0. The van der Waals surface area contributed by atoms with Gasteiger partial charge in [-0.05, 0) is 59.5 Å². The number of ether oxygens (including phenoxy) is 1. The Morgan fingerprint density at radius 2 is 1.85 bits per heavy atom. The molecule has 1 aliphatic rings. The fourth-order valence-electron chi connectivity index (χ4n) is 3.28. The Morgan fingerprint density at radius 3 is 2.65 bits per heavy atom. The van der Waals surface area contributed by atoms with Crippen molar-refractivity contribution in [2.75, 3.05) is 24.3 Å². The number of rotatable bonds is 4. The zero-order valence-corrected chi connectivity index (χ0v) is 14.6. The largest absolute Gasteiger partial charge is 0.497 e. The number of carbonyl (C=O) groups is 1. The lowest BCUT2D eigenvalue weighted by Crippen LogP contribution is -2.13. The average Bonchev–Trinajstić information content (AvgIpc) is 3.16. The van der Waals surface area contributed by atoms with Crippen LogP contribution in [0, 0.1) is 0 Å². The van der Waals surface area contributed by atoms with Gasteiger partial charge in [0.25, 0.3) is 5.91 Å². The Morgan fingerprint density at radius 1 is 1.04 bits per heavy atom. The summed E-state index contributed by atoms with van der Waals surface area (Å²) < 4.78 is 5.21. The second kappa shape index (κ2) is 6.92. The topological polar surface area (TPSA) is 50.4 Å². The molecule has 0 unspecified atom stereocenters. The lowest BCUT2D eigenvalue weighted by atomic mass is 9.99. The predicted molar refractivity (Wildman–Crippen MR) is 105 cm³/mol. The molecule has 3 aromatic carbocycles. The van der Waals surface area contributed by atoms with Crippen LogP contribution in [0.15, 0.2) is 66.7 Å². The van der Waals surface area contributed by atoms with Gasteiger partial charge in [0.15, 0.2) is 0 Å². The summed E-state index contributed by atoms with van der Waals surface area (Å²) in [4.78, 5) is 12.9. The standard InChI is InChI=1S/C22H20N2O2/c1-26-18-9-6-15(7-10-18)19-4-2-3-5-20(19)22(25)24-17-8-11-21-16(14-17)12-13-23-21/h2-11,14,23H,12-13H2,1H3,(H,24,25). The number of amides is 1. The zero-order valence-electron chi connectivity index (χ0n) is 14.6. The first-order chi connectivity index (χ1) is 12.7. The van der Waals surface area contributed by atoms with Gasteiger partial charge in [-0.2, -0.15) is 0 Å². The van der Waals surface area contributed by atoms with Crippen LogP contribution in [0.4, 0.5) is 11.4 Å². The van der Waals surface area contributed by atoms with Crippen molar-refractivity contribution < 1.29 is 9.53 Å². The van der Waals surface area contributed by atoms with Crippen LogP contribution >= 0.6 is 0 Å². The highest BCUT2D eigenvalue weighted by atomic mass is 16.5. The molecule has 0 aromatic heterocycles. The van der Waals surface area contributed by atoms with Crippen LogP contribution in [-0.2, 0) is 6.42 Å². The molecule has 2 N–H and O–H groups in total. The van der Waals surface area contributed by atoms with Gasteiger partial charge in [0, 0.05) is 23.5 Å². The van der Waals surface area contributed by atoms with E-state index in [9.17, 15) is 4.79 Å². The van der Waals surface area contributed by atoms with Gasteiger partial charge in [0.1, 0.15) is 5.75 Å². The van der Waals surface area contributed by atoms with Crippen molar-refractivity contribution in [3.05, 3.63) is 77.9 Å². The summed E-state index contributed by atoms with van der Waals surface area (Å²) in [6.07, 6.45) is 0.988. The number of carbonyl (C=O) groups excluding carboxylic acids is 1. The maximum absolute atomic E-state index is 12.9. The Kier molecular flexibility index (Phi) is 4.32. The van der Waals surface area contributed by atoms with Crippen molar-refractivity contribution in [1.29, 1.82) is 0 Å². The molecule has 3 aromatic rings. The van der Waals surface area contributed by atoms with Crippen LogP contribution in [0.25, 0.3) is 11.1 Å². The molecule has 0 aliphatic carbocycles. The molecule has 0 saturated heterocycles. The number of benzene rings is 3. The quantitative estimate of drug-likeness (QED) is 0.728. The lowest BCUT2D eigenvalue weighted by Gasteiger charge is -2.12. The van der Waals surface area contributed by atoms with E-state index in [0.29, 0.717) is 5.56 Å². The van der Waals surface area contributed by atoms with Gasteiger partial charge >= 0.3 is 0 Å². The molecule has 1 aliphatic heterocycles. The zero-order chi connectivity index (χ0) is 17.9. The summed E-state index contributed by atoms with van der Waals surface area (Å²) in [5.74, 6) is 0.685. The molecule has 0 saturated carbocycles. The molecule has 4 heteroatoms. The average molecular weight is 344 g/mol. The Balaban J connectivity index is 1.62. The van der Waals surface area contributed by atoms with Gasteiger partial charge < -0.3 is 15.4 Å². The third kappa shape index (κ3) is 3.14. The molecular weight excluding hydrogens is 324 g/mol. The minimum atomic E-state index is -0.109. The number of nitrogens with one attached hydrogen (secondary N) is 2. The maximum Gasteiger partial charge on any atom is 0.256 e. The van der Waals surface area contributed by atoms with E-state index >= 15 is 0 Å². The molecule has 1 amide bonds. The summed E-state index contributed by atoms with van der Waals surface area (Å²) in [6.45, 7) is 0.951. The van der Waals surface area contributed by atoms with Crippen LogP contribution < -0.4 is 15.4 Å². The first kappa shape index (κ1) is 16.2. The third-order valence-corrected chi connectivity index (χ3v) is 4.65. The predicted octanol–water partition coefficient (Wildman–Crippen LogP) is 4.58. The van der Waals surface area contributed by atoms with E-state index in [1.165, 1.54) is 5.56 Å². The first-order valence-electron chi connectivity index (χ1n) is 8.66. The summed E-state index contributed by atoms with van der Waals surface area (Å²) in [6, 6.07) is 21.4. The van der Waals surface area contributed by atoms with Crippen LogP contribution in [0.2, 0.25) is 0 Å². The molecule has 4 rings (SSSR count). The van der Waals surface area contributed by atoms with Crippen LogP contribution in [0.1, 0.15) is 15.9 Å². The van der Waals surface area contributed by atoms with Crippen molar-refractivity contribution in [3.63, 3.8) is 0 Å². The van der Waals surface area contributed by atoms with E-state index in [1.807, 2.05) is 66.7 Å². The van der Waals surface area contributed by atoms with Gasteiger partial charge in [-0.15, -0.1) is 0 Å². The molecule has 0 spiro atoms. The van der Waals surface area contributed by atoms with E-state index in [-0.39, 0.29) is 5.91 Å². The summed E-state index contributed by atoms with van der Waals surface area (Å²) in [5, 5.41) is 6.36. The molecule has 0 atom stereocenters. The number of hydrogen-bond donors (Lipinski definition) is 2. The number of hydrogen-bond acceptors (Lipinski definition) is 3. The second-order valence-corrected chi connectivity index (χ2v) is 6.28. The Hall–Kier alpha value is -3.27. The van der Waals surface area contributed by atoms with Crippen molar-refractivity contribution in [3.8, 4) is 16.9 Å². The fraction of sp³-hybridized carbons (Fsp3) is 0.136. The van der Waals surface area contributed by atoms with E-state index in [1.54, 1.807) is 7.11 Å².